The molecule has 3 N–H and O–H groups in total. The van der Waals surface area contributed by atoms with Crippen molar-refractivity contribution in [2.75, 3.05) is 24.8 Å². The third-order valence-corrected chi connectivity index (χ3v) is 2.73. The van der Waals surface area contributed by atoms with E-state index >= 15 is 0 Å². The minimum atomic E-state index is 0.304. The van der Waals surface area contributed by atoms with Crippen molar-refractivity contribution in [3.63, 3.8) is 0 Å². The van der Waals surface area contributed by atoms with Crippen LogP contribution in [0.25, 0.3) is 0 Å². The maximum Gasteiger partial charge on any atom is 0.0663 e. The Morgan fingerprint density at radius 2 is 2.27 bits per heavy atom. The summed E-state index contributed by atoms with van der Waals surface area (Å²) in [4.78, 5) is 0. The average Bonchev–Trinajstić information content (AvgIpc) is 2.21. The summed E-state index contributed by atoms with van der Waals surface area (Å²) in [6.07, 6.45) is 1.00. The fourth-order valence-electron chi connectivity index (χ4n) is 1.35. The molecule has 1 aromatic carbocycles. The van der Waals surface area contributed by atoms with E-state index in [0.717, 1.165) is 22.3 Å². The molecule has 0 aliphatic rings. The lowest BCUT2D eigenvalue weighted by molar-refractivity contribution is 0.184. The minimum Gasteiger partial charge on any atom is -0.397 e. The average molecular weight is 273 g/mol. The SMILES string of the molecule is CCC(COC)Nc1ccc(Br)cc1N. The topological polar surface area (TPSA) is 47.3 Å². The van der Waals surface area contributed by atoms with Gasteiger partial charge in [-0.05, 0) is 24.6 Å². The van der Waals surface area contributed by atoms with Crippen molar-refractivity contribution in [1.82, 2.24) is 0 Å². The molecule has 84 valence electrons. The number of hydrogen-bond acceptors (Lipinski definition) is 3. The van der Waals surface area contributed by atoms with E-state index in [1.54, 1.807) is 7.11 Å². The first-order valence-corrected chi connectivity index (χ1v) is 5.77. The quantitative estimate of drug-likeness (QED) is 0.811. The normalized spacial score (nSPS) is 12.5. The first-order chi connectivity index (χ1) is 7.17. The monoisotopic (exact) mass is 272 g/mol. The van der Waals surface area contributed by atoms with Gasteiger partial charge in [-0.25, -0.2) is 0 Å². The van der Waals surface area contributed by atoms with E-state index in [1.165, 1.54) is 0 Å². The molecule has 0 amide bonds. The molecule has 0 fully saturated rings. The number of nitrogen functional groups attached to an aromatic ring is 1. The van der Waals surface area contributed by atoms with E-state index in [9.17, 15) is 0 Å². The van der Waals surface area contributed by atoms with Crippen LogP contribution in [0.15, 0.2) is 22.7 Å². The molecule has 1 aromatic rings. The van der Waals surface area contributed by atoms with Crippen molar-refractivity contribution in [3.8, 4) is 0 Å². The van der Waals surface area contributed by atoms with Crippen LogP contribution in [-0.2, 0) is 4.74 Å². The standard InChI is InChI=1S/C11H17BrN2O/c1-3-9(7-15-2)14-11-5-4-8(12)6-10(11)13/h4-6,9,14H,3,7,13H2,1-2H3. The number of hydrogen-bond donors (Lipinski definition) is 2. The third-order valence-electron chi connectivity index (χ3n) is 2.23. The van der Waals surface area contributed by atoms with Gasteiger partial charge in [-0.2, -0.15) is 0 Å². The molecule has 0 saturated heterocycles. The van der Waals surface area contributed by atoms with Crippen molar-refractivity contribution in [1.29, 1.82) is 0 Å². The van der Waals surface area contributed by atoms with Crippen molar-refractivity contribution in [2.45, 2.75) is 19.4 Å². The van der Waals surface area contributed by atoms with Gasteiger partial charge in [-0.15, -0.1) is 0 Å². The van der Waals surface area contributed by atoms with Gasteiger partial charge in [-0.1, -0.05) is 22.9 Å². The highest BCUT2D eigenvalue weighted by molar-refractivity contribution is 9.10. The molecule has 0 aromatic heterocycles. The van der Waals surface area contributed by atoms with Gasteiger partial charge in [0.15, 0.2) is 0 Å². The van der Waals surface area contributed by atoms with Crippen LogP contribution in [0.1, 0.15) is 13.3 Å². The van der Waals surface area contributed by atoms with E-state index in [-0.39, 0.29) is 0 Å². The Labute approximate surface area is 99.1 Å². The second kappa shape index (κ2) is 5.98. The summed E-state index contributed by atoms with van der Waals surface area (Å²) in [5, 5.41) is 3.35. The number of halogens is 1. The highest BCUT2D eigenvalue weighted by Gasteiger charge is 2.07. The fourth-order valence-corrected chi connectivity index (χ4v) is 1.73. The van der Waals surface area contributed by atoms with Crippen LogP contribution in [0, 0.1) is 0 Å². The summed E-state index contributed by atoms with van der Waals surface area (Å²) in [7, 11) is 1.70. The number of benzene rings is 1. The van der Waals surface area contributed by atoms with Crippen molar-refractivity contribution in [3.05, 3.63) is 22.7 Å². The molecule has 0 radical (unpaired) electrons. The van der Waals surface area contributed by atoms with Crippen LogP contribution in [0.3, 0.4) is 0 Å². The van der Waals surface area contributed by atoms with Crippen molar-refractivity contribution < 1.29 is 4.74 Å². The lowest BCUT2D eigenvalue weighted by Crippen LogP contribution is -2.24. The maximum atomic E-state index is 5.89. The Hall–Kier alpha value is -0.740. The summed E-state index contributed by atoms with van der Waals surface area (Å²) in [5.74, 6) is 0. The Morgan fingerprint density at radius 3 is 2.80 bits per heavy atom. The maximum absolute atomic E-state index is 5.89. The highest BCUT2D eigenvalue weighted by atomic mass is 79.9. The number of rotatable bonds is 5. The van der Waals surface area contributed by atoms with Gasteiger partial charge in [0.2, 0.25) is 0 Å². The molecule has 3 nitrogen and oxygen atoms in total. The smallest absolute Gasteiger partial charge is 0.0663 e. The molecule has 1 rings (SSSR count). The van der Waals surface area contributed by atoms with Crippen LogP contribution in [0.5, 0.6) is 0 Å². The van der Waals surface area contributed by atoms with E-state index in [0.29, 0.717) is 12.6 Å². The van der Waals surface area contributed by atoms with Gasteiger partial charge in [0.25, 0.3) is 0 Å². The van der Waals surface area contributed by atoms with Gasteiger partial charge in [0.05, 0.1) is 18.0 Å². The lowest BCUT2D eigenvalue weighted by atomic mass is 10.2. The van der Waals surface area contributed by atoms with E-state index < -0.39 is 0 Å². The van der Waals surface area contributed by atoms with Crippen LogP contribution >= 0.6 is 15.9 Å². The number of anilines is 2. The molecule has 0 spiro atoms. The van der Waals surface area contributed by atoms with Crippen molar-refractivity contribution >= 4 is 27.3 Å². The third kappa shape index (κ3) is 3.72. The Morgan fingerprint density at radius 1 is 1.53 bits per heavy atom. The predicted octanol–water partition coefficient (Wildman–Crippen LogP) is 2.87. The predicted molar refractivity (Wildman–Crippen MR) is 68.1 cm³/mol. The van der Waals surface area contributed by atoms with Crippen LogP contribution in [0.2, 0.25) is 0 Å². The zero-order valence-electron chi connectivity index (χ0n) is 9.09. The summed E-state index contributed by atoms with van der Waals surface area (Å²) in [5.41, 5.74) is 7.60. The lowest BCUT2D eigenvalue weighted by Gasteiger charge is -2.18. The fraction of sp³-hybridized carbons (Fsp3) is 0.455. The molecule has 1 unspecified atom stereocenters. The van der Waals surface area contributed by atoms with Crippen LogP contribution < -0.4 is 11.1 Å². The van der Waals surface area contributed by atoms with Gasteiger partial charge >= 0.3 is 0 Å². The van der Waals surface area contributed by atoms with E-state index in [1.807, 2.05) is 18.2 Å². The summed E-state index contributed by atoms with van der Waals surface area (Å²) >= 11 is 3.38. The molecule has 0 aliphatic heterocycles. The molecular weight excluding hydrogens is 256 g/mol. The Bertz CT molecular complexity index is 317. The molecule has 4 heteroatoms. The Kier molecular flexibility index (Phi) is 4.91. The largest absolute Gasteiger partial charge is 0.397 e. The molecule has 1 atom stereocenters. The number of methoxy groups -OCH3 is 1. The summed E-state index contributed by atoms with van der Waals surface area (Å²) in [6, 6.07) is 6.14. The number of nitrogens with one attached hydrogen (secondary N) is 1. The molecule has 0 aliphatic carbocycles. The molecule has 0 saturated carbocycles. The minimum absolute atomic E-state index is 0.304. The molecule has 15 heavy (non-hydrogen) atoms. The second-order valence-electron chi connectivity index (χ2n) is 3.44. The first-order valence-electron chi connectivity index (χ1n) is 4.97. The molecular formula is C11H17BrN2O. The summed E-state index contributed by atoms with van der Waals surface area (Å²) < 4.78 is 6.11. The highest BCUT2D eigenvalue weighted by Crippen LogP contribution is 2.23. The van der Waals surface area contributed by atoms with E-state index in [2.05, 4.69) is 28.2 Å². The van der Waals surface area contributed by atoms with Crippen molar-refractivity contribution in [2.24, 2.45) is 0 Å². The molecule has 0 heterocycles. The van der Waals surface area contributed by atoms with E-state index in [4.69, 9.17) is 10.5 Å². The zero-order chi connectivity index (χ0) is 11.3. The molecule has 0 bridgehead atoms. The van der Waals surface area contributed by atoms with Gasteiger partial charge in [-0.3, -0.25) is 0 Å². The van der Waals surface area contributed by atoms with Gasteiger partial charge in [0, 0.05) is 17.6 Å². The Balaban J connectivity index is 2.70. The number of nitrogens with two attached hydrogens (primary N) is 1. The zero-order valence-corrected chi connectivity index (χ0v) is 10.7. The van der Waals surface area contributed by atoms with Gasteiger partial charge < -0.3 is 15.8 Å². The number of ether oxygens (including phenoxy) is 1. The first kappa shape index (κ1) is 12.3. The van der Waals surface area contributed by atoms with Gasteiger partial charge in [0.1, 0.15) is 0 Å². The van der Waals surface area contributed by atoms with Crippen LogP contribution in [-0.4, -0.2) is 19.8 Å². The summed E-state index contributed by atoms with van der Waals surface area (Å²) in [6.45, 7) is 2.80. The second-order valence-corrected chi connectivity index (χ2v) is 4.35. The van der Waals surface area contributed by atoms with Crippen LogP contribution in [0.4, 0.5) is 11.4 Å².